The predicted octanol–water partition coefficient (Wildman–Crippen LogP) is 1.36. The molecular weight excluding hydrogens is 214 g/mol. The van der Waals surface area contributed by atoms with E-state index in [0.29, 0.717) is 0 Å². The van der Waals surface area contributed by atoms with Crippen LogP contribution in [0.5, 0.6) is 0 Å². The van der Waals surface area contributed by atoms with Crippen molar-refractivity contribution < 1.29 is 4.74 Å². The van der Waals surface area contributed by atoms with Crippen LogP contribution in [0.25, 0.3) is 11.0 Å². The van der Waals surface area contributed by atoms with Crippen molar-refractivity contribution in [1.82, 2.24) is 15.3 Å². The summed E-state index contributed by atoms with van der Waals surface area (Å²) in [6, 6.07) is 6.46. The maximum Gasteiger partial charge on any atom is 0.104 e. The van der Waals surface area contributed by atoms with Crippen LogP contribution >= 0.6 is 0 Å². The molecule has 17 heavy (non-hydrogen) atoms. The highest BCUT2D eigenvalue weighted by molar-refractivity contribution is 5.76. The number of H-pyrrole nitrogens is 1. The summed E-state index contributed by atoms with van der Waals surface area (Å²) in [5.41, 5.74) is 3.62. The van der Waals surface area contributed by atoms with Crippen molar-refractivity contribution in [3.8, 4) is 0 Å². The van der Waals surface area contributed by atoms with Gasteiger partial charge in [-0.3, -0.25) is 0 Å². The summed E-state index contributed by atoms with van der Waals surface area (Å²) in [5, 5.41) is 3.26. The number of nitrogens with zero attached hydrogens (tertiary/aromatic N) is 1. The van der Waals surface area contributed by atoms with E-state index in [2.05, 4.69) is 33.5 Å². The lowest BCUT2D eigenvalue weighted by Gasteiger charge is -2.41. The molecule has 0 amide bonds. The Balaban J connectivity index is 2.04. The van der Waals surface area contributed by atoms with Gasteiger partial charge in [-0.15, -0.1) is 0 Å². The minimum absolute atomic E-state index is 0.141. The molecule has 1 aromatic heterocycles. The molecule has 1 fully saturated rings. The van der Waals surface area contributed by atoms with Crippen LogP contribution in [0, 0.1) is 6.92 Å². The first kappa shape index (κ1) is 10.7. The van der Waals surface area contributed by atoms with E-state index in [0.717, 1.165) is 36.6 Å². The summed E-state index contributed by atoms with van der Waals surface area (Å²) in [7, 11) is 1.99. The Morgan fingerprint density at radius 1 is 1.47 bits per heavy atom. The monoisotopic (exact) mass is 231 g/mol. The highest BCUT2D eigenvalue weighted by atomic mass is 16.5. The van der Waals surface area contributed by atoms with Gasteiger partial charge in [-0.05, 0) is 31.7 Å². The second-order valence-electron chi connectivity index (χ2n) is 4.86. The molecule has 4 nitrogen and oxygen atoms in total. The number of imidazole rings is 1. The molecular formula is C13H17N3O. The van der Waals surface area contributed by atoms with Gasteiger partial charge in [0.25, 0.3) is 0 Å². The van der Waals surface area contributed by atoms with E-state index >= 15 is 0 Å². The third-order valence-corrected chi connectivity index (χ3v) is 3.48. The molecule has 4 heteroatoms. The average molecular weight is 231 g/mol. The minimum Gasteiger partial charge on any atom is -0.379 e. The maximum atomic E-state index is 5.40. The van der Waals surface area contributed by atoms with Gasteiger partial charge in [0.1, 0.15) is 5.82 Å². The summed E-state index contributed by atoms with van der Waals surface area (Å²) in [4.78, 5) is 7.71. The lowest BCUT2D eigenvalue weighted by Crippen LogP contribution is -2.52. The van der Waals surface area contributed by atoms with Gasteiger partial charge in [0, 0.05) is 6.54 Å². The first-order valence-electron chi connectivity index (χ1n) is 5.93. The maximum absolute atomic E-state index is 5.40. The largest absolute Gasteiger partial charge is 0.379 e. The van der Waals surface area contributed by atoms with Crippen molar-refractivity contribution >= 4 is 11.0 Å². The Bertz CT molecular complexity index is 543. The number of benzene rings is 1. The van der Waals surface area contributed by atoms with E-state index < -0.39 is 0 Å². The van der Waals surface area contributed by atoms with Crippen LogP contribution < -0.4 is 5.32 Å². The lowest BCUT2D eigenvalue weighted by molar-refractivity contribution is -0.0581. The second kappa shape index (κ2) is 3.82. The number of aryl methyl sites for hydroxylation is 1. The number of nitrogens with one attached hydrogen (secondary N) is 2. The molecule has 3 rings (SSSR count). The number of ether oxygens (including phenoxy) is 1. The number of aromatic amines is 1. The van der Waals surface area contributed by atoms with Gasteiger partial charge in [0.05, 0.1) is 29.7 Å². The van der Waals surface area contributed by atoms with Crippen molar-refractivity contribution in [2.24, 2.45) is 0 Å². The summed E-state index contributed by atoms with van der Waals surface area (Å²) < 4.78 is 5.40. The molecule has 0 bridgehead atoms. The molecule has 0 saturated carbocycles. The van der Waals surface area contributed by atoms with Crippen LogP contribution in [-0.4, -0.2) is 36.8 Å². The van der Waals surface area contributed by atoms with Crippen molar-refractivity contribution in [3.05, 3.63) is 29.6 Å². The normalized spacial score (nSPS) is 18.2. The number of rotatable bonds is 3. The first-order chi connectivity index (χ1) is 8.23. The fraction of sp³-hybridized carbons (Fsp3) is 0.462. The van der Waals surface area contributed by atoms with Gasteiger partial charge >= 0.3 is 0 Å². The average Bonchev–Trinajstić information content (AvgIpc) is 2.62. The molecule has 0 spiro atoms. The molecule has 0 aliphatic carbocycles. The topological polar surface area (TPSA) is 49.9 Å². The van der Waals surface area contributed by atoms with Crippen molar-refractivity contribution in [3.63, 3.8) is 0 Å². The molecule has 0 atom stereocenters. The zero-order valence-corrected chi connectivity index (χ0v) is 10.2. The smallest absolute Gasteiger partial charge is 0.104 e. The highest BCUT2D eigenvalue weighted by Gasteiger charge is 2.39. The van der Waals surface area contributed by atoms with Gasteiger partial charge in [-0.1, -0.05) is 6.07 Å². The number of aromatic nitrogens is 2. The third kappa shape index (κ3) is 1.64. The quantitative estimate of drug-likeness (QED) is 0.838. The molecule has 1 saturated heterocycles. The van der Waals surface area contributed by atoms with Crippen LogP contribution in [0.1, 0.15) is 11.4 Å². The standard InChI is InChI=1S/C13H17N3O/c1-9-15-11-4-3-10(5-12(11)16-9)13(6-14-2)7-17-8-13/h3-5,14H,6-8H2,1-2H3,(H,15,16). The van der Waals surface area contributed by atoms with Gasteiger partial charge in [-0.25, -0.2) is 4.98 Å². The second-order valence-corrected chi connectivity index (χ2v) is 4.86. The SMILES string of the molecule is CNCC1(c2ccc3nc(C)[nH]c3c2)COC1. The predicted molar refractivity (Wildman–Crippen MR) is 67.3 cm³/mol. The molecule has 2 N–H and O–H groups in total. The number of fused-ring (bicyclic) bond motifs is 1. The van der Waals surface area contributed by atoms with Crippen LogP contribution in [0.4, 0.5) is 0 Å². The Labute approximate surface area is 100 Å². The van der Waals surface area contributed by atoms with Crippen molar-refractivity contribution in [2.75, 3.05) is 26.8 Å². The number of likely N-dealkylation sites (N-methyl/N-ethyl adjacent to an activating group) is 1. The van der Waals surface area contributed by atoms with E-state index in [1.165, 1.54) is 5.56 Å². The summed E-state index contributed by atoms with van der Waals surface area (Å²) >= 11 is 0. The molecule has 90 valence electrons. The van der Waals surface area contributed by atoms with Gasteiger partial charge in [-0.2, -0.15) is 0 Å². The van der Waals surface area contributed by atoms with E-state index in [1.807, 2.05) is 14.0 Å². The van der Waals surface area contributed by atoms with Crippen molar-refractivity contribution in [1.29, 1.82) is 0 Å². The molecule has 1 aromatic carbocycles. The van der Waals surface area contributed by atoms with Crippen LogP contribution in [0.3, 0.4) is 0 Å². The fourth-order valence-electron chi connectivity index (χ4n) is 2.52. The van der Waals surface area contributed by atoms with Crippen molar-refractivity contribution in [2.45, 2.75) is 12.3 Å². The Hall–Kier alpha value is -1.39. The van der Waals surface area contributed by atoms with E-state index in [9.17, 15) is 0 Å². The summed E-state index contributed by atoms with van der Waals surface area (Å²) in [6.07, 6.45) is 0. The molecule has 2 heterocycles. The summed E-state index contributed by atoms with van der Waals surface area (Å²) in [5.74, 6) is 0.963. The zero-order valence-electron chi connectivity index (χ0n) is 10.2. The number of hydrogen-bond donors (Lipinski definition) is 2. The molecule has 1 aliphatic heterocycles. The van der Waals surface area contributed by atoms with E-state index in [1.54, 1.807) is 0 Å². The van der Waals surface area contributed by atoms with Crippen LogP contribution in [0.2, 0.25) is 0 Å². The van der Waals surface area contributed by atoms with Crippen LogP contribution in [0.15, 0.2) is 18.2 Å². The molecule has 0 unspecified atom stereocenters. The van der Waals surface area contributed by atoms with Crippen LogP contribution in [-0.2, 0) is 10.2 Å². The lowest BCUT2D eigenvalue weighted by atomic mass is 9.78. The number of hydrogen-bond acceptors (Lipinski definition) is 3. The zero-order chi connectivity index (χ0) is 11.9. The Kier molecular flexibility index (Phi) is 2.42. The van der Waals surface area contributed by atoms with Gasteiger partial charge in [0.15, 0.2) is 0 Å². The molecule has 0 radical (unpaired) electrons. The first-order valence-corrected chi connectivity index (χ1v) is 5.93. The Morgan fingerprint density at radius 2 is 2.29 bits per heavy atom. The third-order valence-electron chi connectivity index (χ3n) is 3.48. The van der Waals surface area contributed by atoms with E-state index in [-0.39, 0.29) is 5.41 Å². The Morgan fingerprint density at radius 3 is 2.94 bits per heavy atom. The fourth-order valence-corrected chi connectivity index (χ4v) is 2.52. The van der Waals surface area contributed by atoms with Gasteiger partial charge < -0.3 is 15.0 Å². The molecule has 1 aliphatic rings. The molecule has 2 aromatic rings. The van der Waals surface area contributed by atoms with Gasteiger partial charge in [0.2, 0.25) is 0 Å². The minimum atomic E-state index is 0.141. The highest BCUT2D eigenvalue weighted by Crippen LogP contribution is 2.33. The van der Waals surface area contributed by atoms with E-state index in [4.69, 9.17) is 4.74 Å². The summed E-state index contributed by atoms with van der Waals surface area (Å²) in [6.45, 7) is 4.53.